The predicted molar refractivity (Wildman–Crippen MR) is 128 cm³/mol. The first-order valence-electron chi connectivity index (χ1n) is 10.6. The molecule has 2 aromatic carbocycles. The molecule has 0 saturated carbocycles. The Hall–Kier alpha value is -3.17. The Morgan fingerprint density at radius 3 is 2.39 bits per heavy atom. The van der Waals surface area contributed by atoms with Crippen molar-refractivity contribution in [3.63, 3.8) is 0 Å². The normalized spacial score (nSPS) is 12.5. The van der Waals surface area contributed by atoms with Gasteiger partial charge in [0.1, 0.15) is 17.2 Å². The molecule has 8 nitrogen and oxygen atoms in total. The second kappa shape index (κ2) is 11.6. The fourth-order valence-electron chi connectivity index (χ4n) is 3.39. The molecule has 1 atom stereocenters. The molecule has 0 heterocycles. The van der Waals surface area contributed by atoms with Crippen molar-refractivity contribution in [2.75, 3.05) is 20.7 Å². The summed E-state index contributed by atoms with van der Waals surface area (Å²) in [5.74, 6) is -0.867. The highest BCUT2D eigenvalue weighted by Gasteiger charge is 2.22. The fourth-order valence-corrected chi connectivity index (χ4v) is 4.31. The van der Waals surface area contributed by atoms with Crippen molar-refractivity contribution in [2.45, 2.75) is 37.6 Å². The van der Waals surface area contributed by atoms with E-state index in [0.717, 1.165) is 18.4 Å². The van der Waals surface area contributed by atoms with E-state index in [-0.39, 0.29) is 23.2 Å². The van der Waals surface area contributed by atoms with E-state index < -0.39 is 21.8 Å². The topological polar surface area (TPSA) is 119 Å². The zero-order valence-electron chi connectivity index (χ0n) is 19.4. The quantitative estimate of drug-likeness (QED) is 0.486. The van der Waals surface area contributed by atoms with Crippen LogP contribution in [-0.2, 0) is 26.0 Å². The molecule has 0 bridgehead atoms. The number of primary amides is 1. The molecular formula is C24H31N3O5S. The highest BCUT2D eigenvalue weighted by molar-refractivity contribution is 7.89. The molecule has 0 unspecified atom stereocenters. The second-order valence-electron chi connectivity index (χ2n) is 7.55. The second-order valence-corrected chi connectivity index (χ2v) is 9.41. The molecule has 2 aromatic rings. The number of methoxy groups -OCH3 is 1. The molecule has 0 radical (unpaired) electrons. The van der Waals surface area contributed by atoms with E-state index in [1.54, 1.807) is 6.07 Å². The summed E-state index contributed by atoms with van der Waals surface area (Å²) in [7, 11) is -1.08. The SMILES string of the molecule is CCCc1ccc([C@@H](C)N(CC(N)=O)C(=O)/C=C\c2ccc(OC)c(S(=O)(=O)NC)c2)cc1. The van der Waals surface area contributed by atoms with Gasteiger partial charge >= 0.3 is 0 Å². The maximum absolute atomic E-state index is 13.0. The van der Waals surface area contributed by atoms with Crippen molar-refractivity contribution in [1.82, 2.24) is 9.62 Å². The lowest BCUT2D eigenvalue weighted by Crippen LogP contribution is -2.39. The molecule has 2 amide bonds. The van der Waals surface area contributed by atoms with Crippen molar-refractivity contribution in [1.29, 1.82) is 0 Å². The Balaban J connectivity index is 2.31. The molecule has 0 saturated heterocycles. The number of aryl methyl sites for hydroxylation is 1. The molecule has 0 aliphatic heterocycles. The lowest BCUT2D eigenvalue weighted by Gasteiger charge is -2.27. The number of amides is 2. The Morgan fingerprint density at radius 1 is 1.18 bits per heavy atom. The van der Waals surface area contributed by atoms with E-state index in [1.165, 1.54) is 48.9 Å². The highest BCUT2D eigenvalue weighted by atomic mass is 32.2. The molecule has 0 aliphatic rings. The molecule has 9 heteroatoms. The number of carbonyl (C=O) groups is 2. The number of ether oxygens (including phenoxy) is 1. The maximum Gasteiger partial charge on any atom is 0.247 e. The summed E-state index contributed by atoms with van der Waals surface area (Å²) in [5, 5.41) is 0. The molecule has 0 aromatic heterocycles. The maximum atomic E-state index is 13.0. The van der Waals surface area contributed by atoms with E-state index in [0.29, 0.717) is 5.56 Å². The molecule has 0 spiro atoms. The molecular weight excluding hydrogens is 442 g/mol. The minimum Gasteiger partial charge on any atom is -0.495 e. The molecule has 3 N–H and O–H groups in total. The van der Waals surface area contributed by atoms with Crippen LogP contribution in [0, 0.1) is 0 Å². The van der Waals surface area contributed by atoms with Gasteiger partial charge in [0.2, 0.25) is 21.8 Å². The van der Waals surface area contributed by atoms with Crippen LogP contribution in [-0.4, -0.2) is 45.8 Å². The Labute approximate surface area is 195 Å². The first-order valence-corrected chi connectivity index (χ1v) is 12.1. The predicted octanol–water partition coefficient (Wildman–Crippen LogP) is 2.64. The molecule has 0 aliphatic carbocycles. The largest absolute Gasteiger partial charge is 0.495 e. The number of nitrogens with one attached hydrogen (secondary N) is 1. The first kappa shape index (κ1) is 26.1. The van der Waals surface area contributed by atoms with Crippen LogP contribution in [0.25, 0.3) is 6.08 Å². The third-order valence-electron chi connectivity index (χ3n) is 5.24. The van der Waals surface area contributed by atoms with Crippen LogP contribution >= 0.6 is 0 Å². The number of nitrogens with two attached hydrogens (primary N) is 1. The van der Waals surface area contributed by atoms with Crippen molar-refractivity contribution >= 4 is 27.9 Å². The van der Waals surface area contributed by atoms with E-state index in [4.69, 9.17) is 10.5 Å². The van der Waals surface area contributed by atoms with Crippen LogP contribution in [0.2, 0.25) is 0 Å². The number of carbonyl (C=O) groups excluding carboxylic acids is 2. The number of hydrogen-bond donors (Lipinski definition) is 2. The Morgan fingerprint density at radius 2 is 1.85 bits per heavy atom. The average Bonchev–Trinajstić information content (AvgIpc) is 2.81. The van der Waals surface area contributed by atoms with Gasteiger partial charge in [-0.2, -0.15) is 0 Å². The minimum absolute atomic E-state index is 0.0448. The van der Waals surface area contributed by atoms with Crippen LogP contribution in [0.1, 0.15) is 43.0 Å². The van der Waals surface area contributed by atoms with Gasteiger partial charge in [-0.05, 0) is 55.3 Å². The van der Waals surface area contributed by atoms with Gasteiger partial charge < -0.3 is 15.4 Å². The van der Waals surface area contributed by atoms with Crippen molar-refractivity contribution in [3.05, 3.63) is 65.2 Å². The number of hydrogen-bond acceptors (Lipinski definition) is 5. The van der Waals surface area contributed by atoms with Crippen LogP contribution in [0.5, 0.6) is 5.75 Å². The minimum atomic E-state index is -3.76. The summed E-state index contributed by atoms with van der Waals surface area (Å²) in [6.07, 6.45) is 4.78. The summed E-state index contributed by atoms with van der Waals surface area (Å²) in [5.41, 5.74) is 7.95. The average molecular weight is 474 g/mol. The van der Waals surface area contributed by atoms with Gasteiger partial charge in [-0.3, -0.25) is 9.59 Å². The van der Waals surface area contributed by atoms with Gasteiger partial charge in [-0.15, -0.1) is 0 Å². The zero-order chi connectivity index (χ0) is 24.6. The van der Waals surface area contributed by atoms with Gasteiger partial charge in [0.25, 0.3) is 0 Å². The molecule has 2 rings (SSSR count). The highest BCUT2D eigenvalue weighted by Crippen LogP contribution is 2.26. The van der Waals surface area contributed by atoms with Gasteiger partial charge in [-0.25, -0.2) is 13.1 Å². The molecule has 178 valence electrons. The van der Waals surface area contributed by atoms with Crippen molar-refractivity contribution < 1.29 is 22.7 Å². The van der Waals surface area contributed by atoms with E-state index in [9.17, 15) is 18.0 Å². The van der Waals surface area contributed by atoms with Gasteiger partial charge in [0, 0.05) is 6.08 Å². The smallest absolute Gasteiger partial charge is 0.247 e. The number of rotatable bonds is 11. The monoisotopic (exact) mass is 473 g/mol. The Kier molecular flexibility index (Phi) is 9.19. The third kappa shape index (κ3) is 6.90. The van der Waals surface area contributed by atoms with Crippen molar-refractivity contribution in [3.8, 4) is 5.75 Å². The zero-order valence-corrected chi connectivity index (χ0v) is 20.2. The van der Waals surface area contributed by atoms with Crippen LogP contribution in [0.3, 0.4) is 0 Å². The summed E-state index contributed by atoms with van der Waals surface area (Å²) in [4.78, 5) is 25.9. The van der Waals surface area contributed by atoms with E-state index in [1.807, 2.05) is 31.2 Å². The first-order chi connectivity index (χ1) is 15.6. The van der Waals surface area contributed by atoms with Crippen LogP contribution in [0.15, 0.2) is 53.4 Å². The molecule has 33 heavy (non-hydrogen) atoms. The Bertz CT molecular complexity index is 1110. The fraction of sp³-hybridized carbons (Fsp3) is 0.333. The number of sulfonamides is 1. The lowest BCUT2D eigenvalue weighted by molar-refractivity contribution is -0.133. The standard InChI is InChI=1S/C24H31N3O5S/c1-5-6-18-7-11-20(12-8-18)17(2)27(16-23(25)28)24(29)14-10-19-9-13-21(32-4)22(15-19)33(30,31)26-3/h7-15,17,26H,5-6,16H2,1-4H3,(H2,25,28)/b14-10-/t17-/m1/s1. The van der Waals surface area contributed by atoms with E-state index in [2.05, 4.69) is 11.6 Å². The summed E-state index contributed by atoms with van der Waals surface area (Å²) >= 11 is 0. The number of nitrogens with zero attached hydrogens (tertiary/aromatic N) is 1. The van der Waals surface area contributed by atoms with Crippen LogP contribution in [0.4, 0.5) is 0 Å². The summed E-state index contributed by atoms with van der Waals surface area (Å²) in [6, 6.07) is 12.1. The van der Waals surface area contributed by atoms with Gasteiger partial charge in [-0.1, -0.05) is 43.7 Å². The van der Waals surface area contributed by atoms with Crippen molar-refractivity contribution in [2.24, 2.45) is 5.73 Å². The summed E-state index contributed by atoms with van der Waals surface area (Å²) < 4.78 is 31.9. The molecule has 0 fully saturated rings. The lowest BCUT2D eigenvalue weighted by atomic mass is 10.0. The van der Waals surface area contributed by atoms with Crippen LogP contribution < -0.4 is 15.2 Å². The summed E-state index contributed by atoms with van der Waals surface area (Å²) in [6.45, 7) is 3.69. The number of benzene rings is 2. The van der Waals surface area contributed by atoms with E-state index >= 15 is 0 Å². The van der Waals surface area contributed by atoms with Gasteiger partial charge in [0.15, 0.2) is 0 Å². The van der Waals surface area contributed by atoms with Gasteiger partial charge in [0.05, 0.1) is 13.2 Å². The third-order valence-corrected chi connectivity index (χ3v) is 6.68.